The molecule has 0 aromatic rings. The molecule has 54 valence electrons. The molecule has 1 aliphatic rings. The number of hydrogen-bond donors (Lipinski definition) is 2. The fourth-order valence-corrected chi connectivity index (χ4v) is 1.03. The molecule has 1 fully saturated rings. The van der Waals surface area contributed by atoms with E-state index in [1.54, 1.807) is 6.92 Å². The van der Waals surface area contributed by atoms with Gasteiger partial charge in [-0.05, 0) is 6.92 Å². The summed E-state index contributed by atoms with van der Waals surface area (Å²) in [5.74, 6) is 0. The fraction of sp³-hybridized carbons (Fsp3) is 1.00. The zero-order valence-corrected chi connectivity index (χ0v) is 5.45. The quantitative estimate of drug-likeness (QED) is 0.506. The first kappa shape index (κ1) is 6.99. The monoisotopic (exact) mass is 132 g/mol. The molecule has 0 aromatic heterocycles. The Bertz CT molecular complexity index is 84.3. The van der Waals surface area contributed by atoms with Crippen molar-refractivity contribution in [2.45, 2.75) is 31.7 Å². The third-order valence-corrected chi connectivity index (χ3v) is 1.66. The molecule has 0 saturated carbocycles. The first-order valence-electron chi connectivity index (χ1n) is 3.18. The van der Waals surface area contributed by atoms with E-state index in [1.807, 2.05) is 0 Å². The molecule has 3 atom stereocenters. The molecule has 3 nitrogen and oxygen atoms in total. The van der Waals surface area contributed by atoms with Crippen LogP contribution >= 0.6 is 0 Å². The Labute approximate surface area is 54.3 Å². The van der Waals surface area contributed by atoms with Crippen LogP contribution in [0.3, 0.4) is 0 Å². The zero-order chi connectivity index (χ0) is 6.85. The van der Waals surface area contributed by atoms with E-state index in [4.69, 9.17) is 14.9 Å². The summed E-state index contributed by atoms with van der Waals surface area (Å²) in [7, 11) is 0. The van der Waals surface area contributed by atoms with E-state index in [9.17, 15) is 0 Å². The summed E-state index contributed by atoms with van der Waals surface area (Å²) < 4.78 is 5.12. The number of aliphatic hydroxyl groups excluding tert-OH is 2. The Kier molecular flexibility index (Phi) is 2.05. The van der Waals surface area contributed by atoms with Crippen LogP contribution in [0.5, 0.6) is 0 Å². The number of aliphatic hydroxyl groups is 2. The summed E-state index contributed by atoms with van der Waals surface area (Å²) >= 11 is 0. The van der Waals surface area contributed by atoms with Crippen molar-refractivity contribution in [3.8, 4) is 0 Å². The first-order valence-corrected chi connectivity index (χ1v) is 3.18. The Hall–Kier alpha value is -0.120. The third-order valence-electron chi connectivity index (χ3n) is 1.66. The lowest BCUT2D eigenvalue weighted by molar-refractivity contribution is 0.000607. The van der Waals surface area contributed by atoms with Gasteiger partial charge in [0.25, 0.3) is 0 Å². The lowest BCUT2D eigenvalue weighted by Crippen LogP contribution is -2.15. The summed E-state index contributed by atoms with van der Waals surface area (Å²) in [5, 5.41) is 17.6. The number of rotatable bonds is 1. The van der Waals surface area contributed by atoms with E-state index in [0.717, 1.165) is 0 Å². The summed E-state index contributed by atoms with van der Waals surface area (Å²) in [5.41, 5.74) is 0. The first-order chi connectivity index (χ1) is 4.24. The van der Waals surface area contributed by atoms with Gasteiger partial charge in [0.1, 0.15) is 0 Å². The molecule has 1 saturated heterocycles. The van der Waals surface area contributed by atoms with Crippen LogP contribution in [0.15, 0.2) is 0 Å². The SMILES string of the molecule is CC1OC(CO)C[C@H]1O. The number of hydrogen-bond acceptors (Lipinski definition) is 3. The molecule has 3 heteroatoms. The zero-order valence-electron chi connectivity index (χ0n) is 5.45. The van der Waals surface area contributed by atoms with Gasteiger partial charge in [0.2, 0.25) is 0 Å². The Balaban J connectivity index is 2.35. The standard InChI is InChI=1S/C6H12O3/c1-4-6(8)2-5(3-7)9-4/h4-8H,2-3H2,1H3/t4?,5?,6-/m1/s1. The maximum Gasteiger partial charge on any atom is 0.0836 e. The van der Waals surface area contributed by atoms with E-state index in [2.05, 4.69) is 0 Å². The molecule has 1 heterocycles. The van der Waals surface area contributed by atoms with E-state index in [1.165, 1.54) is 0 Å². The van der Waals surface area contributed by atoms with Crippen molar-refractivity contribution in [3.05, 3.63) is 0 Å². The molecule has 0 aliphatic carbocycles. The Morgan fingerprint density at radius 3 is 2.56 bits per heavy atom. The van der Waals surface area contributed by atoms with Crippen molar-refractivity contribution in [3.63, 3.8) is 0 Å². The van der Waals surface area contributed by atoms with Gasteiger partial charge in [-0.1, -0.05) is 0 Å². The minimum atomic E-state index is -0.387. The highest BCUT2D eigenvalue weighted by Gasteiger charge is 2.29. The lowest BCUT2D eigenvalue weighted by Gasteiger charge is -2.05. The average Bonchev–Trinajstić information content (AvgIpc) is 2.13. The molecule has 0 radical (unpaired) electrons. The minimum Gasteiger partial charge on any atom is -0.394 e. The largest absolute Gasteiger partial charge is 0.394 e. The fourth-order valence-electron chi connectivity index (χ4n) is 1.03. The van der Waals surface area contributed by atoms with Crippen molar-refractivity contribution in [2.24, 2.45) is 0 Å². The predicted octanol–water partition coefficient (Wildman–Crippen LogP) is -0.483. The molecule has 0 amide bonds. The van der Waals surface area contributed by atoms with Crippen LogP contribution in [0.25, 0.3) is 0 Å². The van der Waals surface area contributed by atoms with Gasteiger partial charge in [0, 0.05) is 6.42 Å². The van der Waals surface area contributed by atoms with Gasteiger partial charge in [-0.25, -0.2) is 0 Å². The normalized spacial score (nSPS) is 43.7. The molecule has 2 N–H and O–H groups in total. The average molecular weight is 132 g/mol. The summed E-state index contributed by atoms with van der Waals surface area (Å²) in [6.45, 7) is 1.82. The molecule has 0 aromatic carbocycles. The van der Waals surface area contributed by atoms with E-state index < -0.39 is 0 Å². The van der Waals surface area contributed by atoms with Crippen molar-refractivity contribution < 1.29 is 14.9 Å². The highest BCUT2D eigenvalue weighted by molar-refractivity contribution is 4.77. The molecule has 0 bridgehead atoms. The summed E-state index contributed by atoms with van der Waals surface area (Å²) in [6.07, 6.45) is -0.0724. The molecule has 9 heavy (non-hydrogen) atoms. The summed E-state index contributed by atoms with van der Waals surface area (Å²) in [4.78, 5) is 0. The van der Waals surface area contributed by atoms with Crippen LogP contribution < -0.4 is 0 Å². The van der Waals surface area contributed by atoms with E-state index >= 15 is 0 Å². The Morgan fingerprint density at radius 1 is 1.67 bits per heavy atom. The van der Waals surface area contributed by atoms with Crippen molar-refractivity contribution in [2.75, 3.05) is 6.61 Å². The Morgan fingerprint density at radius 2 is 2.33 bits per heavy atom. The van der Waals surface area contributed by atoms with Gasteiger partial charge in [-0.3, -0.25) is 0 Å². The molecule has 2 unspecified atom stereocenters. The smallest absolute Gasteiger partial charge is 0.0836 e. The van der Waals surface area contributed by atoms with Gasteiger partial charge in [-0.15, -0.1) is 0 Å². The van der Waals surface area contributed by atoms with E-state index in [-0.39, 0.29) is 24.9 Å². The van der Waals surface area contributed by atoms with Gasteiger partial charge >= 0.3 is 0 Å². The van der Waals surface area contributed by atoms with Gasteiger partial charge in [0.15, 0.2) is 0 Å². The van der Waals surface area contributed by atoms with Crippen molar-refractivity contribution in [1.82, 2.24) is 0 Å². The van der Waals surface area contributed by atoms with Crippen LogP contribution in [-0.4, -0.2) is 35.1 Å². The molecular weight excluding hydrogens is 120 g/mol. The van der Waals surface area contributed by atoms with Gasteiger partial charge < -0.3 is 14.9 Å². The van der Waals surface area contributed by atoms with Crippen LogP contribution in [-0.2, 0) is 4.74 Å². The van der Waals surface area contributed by atoms with Crippen molar-refractivity contribution >= 4 is 0 Å². The van der Waals surface area contributed by atoms with E-state index in [0.29, 0.717) is 6.42 Å². The van der Waals surface area contributed by atoms with Crippen LogP contribution in [0, 0.1) is 0 Å². The third kappa shape index (κ3) is 1.41. The molecule has 1 aliphatic heterocycles. The van der Waals surface area contributed by atoms with Gasteiger partial charge in [-0.2, -0.15) is 0 Å². The topological polar surface area (TPSA) is 49.7 Å². The highest BCUT2D eigenvalue weighted by atomic mass is 16.5. The summed E-state index contributed by atoms with van der Waals surface area (Å²) in [6, 6.07) is 0. The molecule has 1 rings (SSSR count). The maximum atomic E-state index is 9.06. The van der Waals surface area contributed by atoms with Crippen LogP contribution in [0.1, 0.15) is 13.3 Å². The second-order valence-corrected chi connectivity index (χ2v) is 2.45. The maximum absolute atomic E-state index is 9.06. The molecule has 0 spiro atoms. The molecular formula is C6H12O3. The van der Waals surface area contributed by atoms with Crippen molar-refractivity contribution in [1.29, 1.82) is 0 Å². The predicted molar refractivity (Wildman–Crippen MR) is 32.0 cm³/mol. The lowest BCUT2D eigenvalue weighted by atomic mass is 10.2. The highest BCUT2D eigenvalue weighted by Crippen LogP contribution is 2.18. The van der Waals surface area contributed by atoms with Crippen LogP contribution in [0.4, 0.5) is 0 Å². The second kappa shape index (κ2) is 2.64. The van der Waals surface area contributed by atoms with Gasteiger partial charge in [0.05, 0.1) is 24.9 Å². The second-order valence-electron chi connectivity index (χ2n) is 2.45. The number of ether oxygens (including phenoxy) is 1. The van der Waals surface area contributed by atoms with Crippen LogP contribution in [0.2, 0.25) is 0 Å². The minimum absolute atomic E-state index is 0.0153.